The molecule has 0 saturated heterocycles. The molecule has 5 nitrogen and oxygen atoms in total. The quantitative estimate of drug-likeness (QED) is 0.433. The van der Waals surface area contributed by atoms with Gasteiger partial charge in [-0.2, -0.15) is 26.3 Å². The third-order valence-corrected chi connectivity index (χ3v) is 6.32. The van der Waals surface area contributed by atoms with E-state index in [9.17, 15) is 31.1 Å². The number of benzene rings is 2. The normalized spacial score (nSPS) is 18.6. The van der Waals surface area contributed by atoms with Gasteiger partial charge in [-0.1, -0.05) is 6.07 Å². The van der Waals surface area contributed by atoms with E-state index in [4.69, 9.17) is 9.47 Å². The average molecular weight is 518 g/mol. The van der Waals surface area contributed by atoms with Gasteiger partial charge in [0.2, 0.25) is 0 Å². The summed E-state index contributed by atoms with van der Waals surface area (Å²) in [4.78, 5) is 12.4. The zero-order valence-corrected chi connectivity index (χ0v) is 19.9. The van der Waals surface area contributed by atoms with Gasteiger partial charge in [-0.05, 0) is 55.9 Å². The Morgan fingerprint density at radius 2 is 1.50 bits per heavy atom. The van der Waals surface area contributed by atoms with E-state index in [-0.39, 0.29) is 24.6 Å². The molecule has 0 bridgehead atoms. The highest BCUT2D eigenvalue weighted by Gasteiger charge is 2.37. The number of carbonyl (C=O) groups is 1. The molecule has 2 aromatic rings. The maximum absolute atomic E-state index is 13.0. The molecule has 0 atom stereocenters. The number of halogens is 6. The van der Waals surface area contributed by atoms with Crippen molar-refractivity contribution in [1.82, 2.24) is 10.6 Å². The van der Waals surface area contributed by atoms with Crippen LogP contribution in [0.5, 0.6) is 11.5 Å². The van der Waals surface area contributed by atoms with Crippen LogP contribution in [0, 0.1) is 5.92 Å². The van der Waals surface area contributed by atoms with Crippen LogP contribution >= 0.6 is 0 Å². The van der Waals surface area contributed by atoms with Crippen molar-refractivity contribution >= 4 is 5.91 Å². The highest BCUT2D eigenvalue weighted by molar-refractivity contribution is 5.94. The minimum Gasteiger partial charge on any atom is -0.497 e. The van der Waals surface area contributed by atoms with Crippen LogP contribution in [0.2, 0.25) is 0 Å². The molecule has 2 aromatic carbocycles. The summed E-state index contributed by atoms with van der Waals surface area (Å²) in [5.74, 6) is 0.522. The molecule has 1 aliphatic carbocycles. The third kappa shape index (κ3) is 7.28. The van der Waals surface area contributed by atoms with E-state index in [0.29, 0.717) is 30.2 Å². The lowest BCUT2D eigenvalue weighted by Gasteiger charge is -2.29. The van der Waals surface area contributed by atoms with E-state index in [1.54, 1.807) is 20.3 Å². The first-order valence-electron chi connectivity index (χ1n) is 11.4. The van der Waals surface area contributed by atoms with E-state index in [1.165, 1.54) is 0 Å². The van der Waals surface area contributed by atoms with Crippen LogP contribution < -0.4 is 20.1 Å². The number of rotatable bonds is 8. The van der Waals surface area contributed by atoms with Crippen molar-refractivity contribution in [3.8, 4) is 11.5 Å². The van der Waals surface area contributed by atoms with Gasteiger partial charge in [0.25, 0.3) is 5.91 Å². The number of nitrogens with one attached hydrogen (secondary N) is 2. The minimum absolute atomic E-state index is 0.00653. The molecule has 3 rings (SSSR count). The van der Waals surface area contributed by atoms with Gasteiger partial charge in [0.15, 0.2) is 0 Å². The van der Waals surface area contributed by atoms with Crippen molar-refractivity contribution in [1.29, 1.82) is 0 Å². The van der Waals surface area contributed by atoms with Gasteiger partial charge in [0.05, 0.1) is 25.3 Å². The number of hydrogen-bond donors (Lipinski definition) is 2. The Hall–Kier alpha value is -2.95. The zero-order valence-electron chi connectivity index (χ0n) is 19.9. The Balaban J connectivity index is 1.52. The fourth-order valence-electron chi connectivity index (χ4n) is 4.25. The van der Waals surface area contributed by atoms with Crippen molar-refractivity contribution in [3.63, 3.8) is 0 Å². The Morgan fingerprint density at radius 1 is 0.889 bits per heavy atom. The predicted molar refractivity (Wildman–Crippen MR) is 121 cm³/mol. The molecule has 1 saturated carbocycles. The first kappa shape index (κ1) is 27.6. The standard InChI is InChI=1S/C25H28F6N2O3/c1-35-21-8-5-16(22(12-21)36-2)14-32-20-6-3-15(4-7-20)13-33-23(34)17-9-18(24(26,27)28)11-19(10-17)25(29,30)31/h5,8-12,15,20,32H,3-4,6-7,13-14H2,1-2H3,(H,33,34)/t15-,20-. The van der Waals surface area contributed by atoms with Gasteiger partial charge < -0.3 is 20.1 Å². The smallest absolute Gasteiger partial charge is 0.416 e. The fourth-order valence-corrected chi connectivity index (χ4v) is 4.25. The molecule has 11 heteroatoms. The molecule has 0 aromatic heterocycles. The lowest BCUT2D eigenvalue weighted by atomic mass is 9.86. The molecular weight excluding hydrogens is 490 g/mol. The highest BCUT2D eigenvalue weighted by atomic mass is 19.4. The Morgan fingerprint density at radius 3 is 2.03 bits per heavy atom. The molecule has 1 amide bonds. The van der Waals surface area contributed by atoms with Crippen molar-refractivity contribution < 1.29 is 40.6 Å². The summed E-state index contributed by atoms with van der Waals surface area (Å²) >= 11 is 0. The molecule has 0 unspecified atom stereocenters. The van der Waals surface area contributed by atoms with Crippen molar-refractivity contribution in [2.24, 2.45) is 5.92 Å². The maximum atomic E-state index is 13.0. The summed E-state index contributed by atoms with van der Waals surface area (Å²) in [7, 11) is 3.16. The van der Waals surface area contributed by atoms with Gasteiger partial charge in [0, 0.05) is 36.3 Å². The molecule has 0 radical (unpaired) electrons. The van der Waals surface area contributed by atoms with Crippen LogP contribution in [0.4, 0.5) is 26.3 Å². The molecule has 36 heavy (non-hydrogen) atoms. The monoisotopic (exact) mass is 518 g/mol. The molecule has 0 heterocycles. The molecular formula is C25H28F6N2O3. The van der Waals surface area contributed by atoms with E-state index in [0.717, 1.165) is 31.2 Å². The van der Waals surface area contributed by atoms with Gasteiger partial charge in [-0.3, -0.25) is 4.79 Å². The van der Waals surface area contributed by atoms with Crippen molar-refractivity contribution in [2.45, 2.75) is 50.6 Å². The Labute approximate surface area is 205 Å². The van der Waals surface area contributed by atoms with Gasteiger partial charge >= 0.3 is 12.4 Å². The topological polar surface area (TPSA) is 59.6 Å². The number of amides is 1. The molecule has 0 aliphatic heterocycles. The van der Waals surface area contributed by atoms with Crippen molar-refractivity contribution in [2.75, 3.05) is 20.8 Å². The van der Waals surface area contributed by atoms with Crippen LogP contribution in [-0.2, 0) is 18.9 Å². The van der Waals surface area contributed by atoms with E-state index >= 15 is 0 Å². The van der Waals surface area contributed by atoms with Crippen LogP contribution in [0.1, 0.15) is 52.7 Å². The first-order valence-corrected chi connectivity index (χ1v) is 11.4. The Kier molecular flexibility index (Phi) is 8.76. The third-order valence-electron chi connectivity index (χ3n) is 6.32. The molecule has 198 valence electrons. The van der Waals surface area contributed by atoms with E-state index in [1.807, 2.05) is 12.1 Å². The predicted octanol–water partition coefficient (Wildman–Crippen LogP) is 5.82. The average Bonchev–Trinajstić information content (AvgIpc) is 2.85. The second-order valence-corrected chi connectivity index (χ2v) is 8.78. The maximum Gasteiger partial charge on any atom is 0.416 e. The number of hydrogen-bond acceptors (Lipinski definition) is 4. The van der Waals surface area contributed by atoms with Crippen LogP contribution in [0.15, 0.2) is 36.4 Å². The molecule has 1 fully saturated rings. The summed E-state index contributed by atoms with van der Waals surface area (Å²) in [5, 5.41) is 5.98. The van der Waals surface area contributed by atoms with Crippen LogP contribution in [-0.4, -0.2) is 32.7 Å². The van der Waals surface area contributed by atoms with E-state index < -0.39 is 35.0 Å². The number of methoxy groups -OCH3 is 2. The molecule has 0 spiro atoms. The van der Waals surface area contributed by atoms with Crippen LogP contribution in [0.3, 0.4) is 0 Å². The second kappa shape index (κ2) is 11.4. The summed E-state index contributed by atoms with van der Waals surface area (Å²) < 4.78 is 88.9. The van der Waals surface area contributed by atoms with Gasteiger partial charge in [0.1, 0.15) is 11.5 Å². The summed E-state index contributed by atoms with van der Waals surface area (Å²) in [5.41, 5.74) is -2.71. The molecule has 2 N–H and O–H groups in total. The summed E-state index contributed by atoms with van der Waals surface area (Å²) in [6.45, 7) is 0.770. The zero-order chi connectivity index (χ0) is 26.5. The first-order chi connectivity index (χ1) is 16.9. The Bertz CT molecular complexity index is 1010. The lowest BCUT2D eigenvalue weighted by molar-refractivity contribution is -0.143. The highest BCUT2D eigenvalue weighted by Crippen LogP contribution is 2.36. The minimum atomic E-state index is -5.00. The SMILES string of the molecule is COc1ccc(CN[C@H]2CC[C@H](CNC(=O)c3cc(C(F)(F)F)cc(C(F)(F)F)c3)CC2)c(OC)c1. The second-order valence-electron chi connectivity index (χ2n) is 8.78. The van der Waals surface area contributed by atoms with E-state index in [2.05, 4.69) is 10.6 Å². The van der Waals surface area contributed by atoms with Gasteiger partial charge in [-0.25, -0.2) is 0 Å². The largest absolute Gasteiger partial charge is 0.497 e. The summed E-state index contributed by atoms with van der Waals surface area (Å²) in [6, 6.07) is 6.70. The van der Waals surface area contributed by atoms with Crippen molar-refractivity contribution in [3.05, 3.63) is 58.7 Å². The number of alkyl halides is 6. The lowest BCUT2D eigenvalue weighted by Crippen LogP contribution is -2.37. The number of carbonyl (C=O) groups excluding carboxylic acids is 1. The fraction of sp³-hybridized carbons (Fsp3) is 0.480. The number of ether oxygens (including phenoxy) is 2. The van der Waals surface area contributed by atoms with Gasteiger partial charge in [-0.15, -0.1) is 0 Å². The summed E-state index contributed by atoms with van der Waals surface area (Å²) in [6.07, 6.45) is -6.85. The molecule has 1 aliphatic rings. The van der Waals surface area contributed by atoms with Crippen LogP contribution in [0.25, 0.3) is 0 Å².